The van der Waals surface area contributed by atoms with E-state index in [0.29, 0.717) is 29.6 Å². The lowest BCUT2D eigenvalue weighted by molar-refractivity contribution is -0.384. The minimum Gasteiger partial charge on any atom is -0.345 e. The number of nitrogens with zero attached hydrogens (tertiary/aromatic N) is 4. The molecule has 1 fully saturated rings. The lowest BCUT2D eigenvalue weighted by atomic mass is 10.1. The van der Waals surface area contributed by atoms with E-state index in [9.17, 15) is 18.5 Å². The number of aromatic nitrogens is 1. The highest BCUT2D eigenvalue weighted by Gasteiger charge is 2.31. The van der Waals surface area contributed by atoms with Gasteiger partial charge in [0.25, 0.3) is 5.69 Å². The molecule has 1 saturated heterocycles. The summed E-state index contributed by atoms with van der Waals surface area (Å²) in [5, 5.41) is 14.9. The molecule has 0 aliphatic carbocycles. The molecule has 0 bridgehead atoms. The van der Waals surface area contributed by atoms with Crippen molar-refractivity contribution in [1.82, 2.24) is 9.29 Å². The van der Waals surface area contributed by atoms with Gasteiger partial charge in [-0.2, -0.15) is 4.31 Å². The Morgan fingerprint density at radius 1 is 1.03 bits per heavy atom. The van der Waals surface area contributed by atoms with Gasteiger partial charge in [0.2, 0.25) is 10.0 Å². The van der Waals surface area contributed by atoms with Gasteiger partial charge in [0.05, 0.1) is 15.5 Å². The molecule has 1 aliphatic rings. The number of benzene rings is 2. The van der Waals surface area contributed by atoms with Crippen LogP contribution in [0.5, 0.6) is 0 Å². The molecule has 0 unspecified atom stereocenters. The lowest BCUT2D eigenvalue weighted by Crippen LogP contribution is -2.48. The second-order valence-electron chi connectivity index (χ2n) is 7.34. The summed E-state index contributed by atoms with van der Waals surface area (Å²) in [5.41, 5.74) is 1.39. The van der Waals surface area contributed by atoms with E-state index in [1.54, 1.807) is 6.07 Å². The topological polar surface area (TPSA) is 96.6 Å². The number of halogens is 3. The van der Waals surface area contributed by atoms with Crippen LogP contribution < -0.4 is 4.90 Å². The van der Waals surface area contributed by atoms with Gasteiger partial charge < -0.3 is 4.90 Å². The molecular weight excluding hydrogens is 531 g/mol. The summed E-state index contributed by atoms with van der Waals surface area (Å²) in [7, 11) is -3.88. The SMILES string of the molecule is O=[N+]([O-])c1cc(S(=O)(=O)N2CCN(c3nc(Cc4cc(Cl)cc(Cl)c4)cs3)CC2)ccc1Cl. The van der Waals surface area contributed by atoms with Gasteiger partial charge >= 0.3 is 0 Å². The third kappa shape index (κ3) is 5.42. The van der Waals surface area contributed by atoms with Gasteiger partial charge in [-0.1, -0.05) is 34.8 Å². The number of hydrogen-bond donors (Lipinski definition) is 0. The Labute approximate surface area is 209 Å². The number of anilines is 1. The predicted molar refractivity (Wildman–Crippen MR) is 130 cm³/mol. The predicted octanol–water partition coefficient (Wildman–Crippen LogP) is 5.11. The summed E-state index contributed by atoms with van der Waals surface area (Å²) in [4.78, 5) is 17.0. The summed E-state index contributed by atoms with van der Waals surface area (Å²) in [5.74, 6) is 0. The molecule has 2 aromatic carbocycles. The zero-order valence-corrected chi connectivity index (χ0v) is 20.9. The van der Waals surface area contributed by atoms with Gasteiger partial charge in [-0.25, -0.2) is 13.4 Å². The molecule has 0 atom stereocenters. The highest BCUT2D eigenvalue weighted by Crippen LogP contribution is 2.30. The summed E-state index contributed by atoms with van der Waals surface area (Å²) in [6.45, 7) is 1.37. The largest absolute Gasteiger partial charge is 0.345 e. The monoisotopic (exact) mass is 546 g/mol. The molecule has 0 amide bonds. The number of sulfonamides is 1. The Morgan fingerprint density at radius 3 is 2.33 bits per heavy atom. The molecule has 2 heterocycles. The Kier molecular flexibility index (Phi) is 7.13. The maximum absolute atomic E-state index is 13.0. The summed E-state index contributed by atoms with van der Waals surface area (Å²) >= 11 is 19.4. The molecule has 8 nitrogen and oxygen atoms in total. The first-order valence-corrected chi connectivity index (χ1v) is 13.2. The van der Waals surface area contributed by atoms with Crippen LogP contribution in [-0.4, -0.2) is 48.8 Å². The Bertz CT molecular complexity index is 1290. The van der Waals surface area contributed by atoms with E-state index in [1.807, 2.05) is 22.4 Å². The van der Waals surface area contributed by atoms with E-state index >= 15 is 0 Å². The van der Waals surface area contributed by atoms with Crippen LogP contribution in [0.4, 0.5) is 10.8 Å². The van der Waals surface area contributed by atoms with Gasteiger partial charge in [-0.15, -0.1) is 11.3 Å². The Balaban J connectivity index is 1.43. The molecule has 1 aliphatic heterocycles. The quantitative estimate of drug-likeness (QED) is 0.314. The highest BCUT2D eigenvalue weighted by atomic mass is 35.5. The maximum atomic E-state index is 13.0. The number of nitro groups is 1. The zero-order valence-electron chi connectivity index (χ0n) is 16.9. The van der Waals surface area contributed by atoms with E-state index < -0.39 is 20.6 Å². The van der Waals surface area contributed by atoms with Gasteiger partial charge in [0.1, 0.15) is 5.02 Å². The highest BCUT2D eigenvalue weighted by molar-refractivity contribution is 7.89. The van der Waals surface area contributed by atoms with Crippen LogP contribution in [0, 0.1) is 10.1 Å². The minimum atomic E-state index is -3.88. The average molecular weight is 548 g/mol. The van der Waals surface area contributed by atoms with Crippen molar-refractivity contribution in [1.29, 1.82) is 0 Å². The lowest BCUT2D eigenvalue weighted by Gasteiger charge is -2.33. The third-order valence-electron chi connectivity index (χ3n) is 5.11. The fraction of sp³-hybridized carbons (Fsp3) is 0.250. The molecule has 0 spiro atoms. The number of rotatable bonds is 6. The van der Waals surface area contributed by atoms with Crippen molar-refractivity contribution in [2.24, 2.45) is 0 Å². The van der Waals surface area contributed by atoms with Crippen molar-refractivity contribution < 1.29 is 13.3 Å². The summed E-state index contributed by atoms with van der Waals surface area (Å²) < 4.78 is 27.3. The average Bonchev–Trinajstić information content (AvgIpc) is 3.21. The summed E-state index contributed by atoms with van der Waals surface area (Å²) in [6, 6.07) is 8.88. The number of thiazole rings is 1. The van der Waals surface area contributed by atoms with Crippen molar-refractivity contribution in [2.75, 3.05) is 31.1 Å². The minimum absolute atomic E-state index is 0.108. The van der Waals surface area contributed by atoms with Gasteiger partial charge in [-0.3, -0.25) is 10.1 Å². The van der Waals surface area contributed by atoms with Crippen molar-refractivity contribution in [3.8, 4) is 0 Å². The molecule has 0 N–H and O–H groups in total. The second-order valence-corrected chi connectivity index (χ2v) is 11.4. The smallest absolute Gasteiger partial charge is 0.289 e. The normalized spacial score (nSPS) is 15.1. The Morgan fingerprint density at radius 2 is 1.70 bits per heavy atom. The summed E-state index contributed by atoms with van der Waals surface area (Å²) in [6.07, 6.45) is 0.584. The van der Waals surface area contributed by atoms with Crippen LogP contribution in [-0.2, 0) is 16.4 Å². The molecule has 33 heavy (non-hydrogen) atoms. The molecule has 1 aromatic heterocycles. The third-order valence-corrected chi connectivity index (χ3v) is 8.71. The first-order valence-electron chi connectivity index (χ1n) is 9.72. The van der Waals surface area contributed by atoms with Crippen molar-refractivity contribution in [3.63, 3.8) is 0 Å². The standard InChI is InChI=1S/C20H17Cl3N4O4S2/c21-14-7-13(8-15(22)10-14)9-16-12-32-20(24-16)25-3-5-26(6-4-25)33(30,31)17-1-2-18(23)19(11-17)27(28)29/h1-2,7-8,10-12H,3-6,9H2. The van der Waals surface area contributed by atoms with E-state index in [1.165, 1.54) is 27.8 Å². The van der Waals surface area contributed by atoms with Crippen molar-refractivity contribution >= 4 is 67.0 Å². The van der Waals surface area contributed by atoms with E-state index in [4.69, 9.17) is 34.8 Å². The number of piperazine rings is 1. The van der Waals surface area contributed by atoms with Crippen LogP contribution in [0.1, 0.15) is 11.3 Å². The molecule has 13 heteroatoms. The molecule has 174 valence electrons. The number of hydrogen-bond acceptors (Lipinski definition) is 7. The van der Waals surface area contributed by atoms with E-state index in [0.717, 1.165) is 22.5 Å². The van der Waals surface area contributed by atoms with Crippen LogP contribution >= 0.6 is 46.1 Å². The molecule has 3 aromatic rings. The molecule has 4 rings (SSSR count). The Hall–Kier alpha value is -1.95. The zero-order chi connectivity index (χ0) is 23.8. The maximum Gasteiger partial charge on any atom is 0.289 e. The van der Waals surface area contributed by atoms with Crippen LogP contribution in [0.25, 0.3) is 0 Å². The van der Waals surface area contributed by atoms with E-state index in [-0.39, 0.29) is 23.0 Å². The second kappa shape index (κ2) is 9.73. The molecular formula is C20H17Cl3N4O4S2. The van der Waals surface area contributed by atoms with Crippen LogP contribution in [0.15, 0.2) is 46.7 Å². The van der Waals surface area contributed by atoms with Crippen LogP contribution in [0.3, 0.4) is 0 Å². The van der Waals surface area contributed by atoms with Gasteiger partial charge in [-0.05, 0) is 35.9 Å². The van der Waals surface area contributed by atoms with Gasteiger partial charge in [0, 0.05) is 54.1 Å². The fourth-order valence-corrected chi connectivity index (χ4v) is 6.59. The van der Waals surface area contributed by atoms with Crippen molar-refractivity contribution in [3.05, 3.63) is 78.2 Å². The number of nitro benzene ring substituents is 1. The first kappa shape index (κ1) is 24.2. The van der Waals surface area contributed by atoms with Crippen molar-refractivity contribution in [2.45, 2.75) is 11.3 Å². The van der Waals surface area contributed by atoms with Crippen LogP contribution in [0.2, 0.25) is 15.1 Å². The van der Waals surface area contributed by atoms with E-state index in [2.05, 4.69) is 4.98 Å². The van der Waals surface area contributed by atoms with Gasteiger partial charge in [0.15, 0.2) is 5.13 Å². The fourth-order valence-electron chi connectivity index (χ4n) is 3.51. The molecule has 0 radical (unpaired) electrons. The molecule has 0 saturated carbocycles. The first-order chi connectivity index (χ1) is 15.6.